The van der Waals surface area contributed by atoms with Crippen LogP contribution in [0.3, 0.4) is 0 Å². The summed E-state index contributed by atoms with van der Waals surface area (Å²) in [6, 6.07) is 14.5. The van der Waals surface area contributed by atoms with Gasteiger partial charge in [0.15, 0.2) is 0 Å². The van der Waals surface area contributed by atoms with Crippen LogP contribution in [0.15, 0.2) is 54.6 Å². The molecule has 1 saturated heterocycles. The van der Waals surface area contributed by atoms with Gasteiger partial charge >= 0.3 is 6.18 Å². The highest BCUT2D eigenvalue weighted by molar-refractivity contribution is 5.96. The minimum atomic E-state index is -4.54. The van der Waals surface area contributed by atoms with E-state index in [1.54, 1.807) is 0 Å². The molecule has 2 aromatic carbocycles. The van der Waals surface area contributed by atoms with Crippen LogP contribution in [0.5, 0.6) is 0 Å². The molecule has 9 heteroatoms. The van der Waals surface area contributed by atoms with Crippen molar-refractivity contribution in [3.05, 3.63) is 71.3 Å². The van der Waals surface area contributed by atoms with Gasteiger partial charge in [-0.25, -0.2) is 0 Å². The third-order valence-electron chi connectivity index (χ3n) is 6.89. The number of amides is 2. The second-order valence-electron chi connectivity index (χ2n) is 9.50. The number of nitrogens with zero attached hydrogens (tertiary/aromatic N) is 1. The molecule has 4 rings (SSSR count). The molecule has 1 aliphatic carbocycles. The zero-order chi connectivity index (χ0) is 25.5. The molecule has 36 heavy (non-hydrogen) atoms. The highest BCUT2D eigenvalue weighted by atomic mass is 19.4. The molecule has 2 N–H and O–H groups in total. The van der Waals surface area contributed by atoms with Crippen LogP contribution in [0.25, 0.3) is 0 Å². The van der Waals surface area contributed by atoms with Crippen molar-refractivity contribution in [1.29, 1.82) is 0 Å². The Balaban J connectivity index is 1.23. The van der Waals surface area contributed by atoms with Crippen molar-refractivity contribution in [2.75, 3.05) is 19.6 Å². The van der Waals surface area contributed by atoms with Crippen LogP contribution in [0.4, 0.5) is 13.2 Å². The molecule has 2 fully saturated rings. The van der Waals surface area contributed by atoms with E-state index >= 15 is 0 Å². The van der Waals surface area contributed by atoms with Gasteiger partial charge in [0.05, 0.1) is 24.8 Å². The normalized spacial score (nSPS) is 22.8. The third kappa shape index (κ3) is 7.07. The number of benzene rings is 2. The molecular weight excluding hydrogens is 471 g/mol. The monoisotopic (exact) mass is 503 g/mol. The van der Waals surface area contributed by atoms with Crippen molar-refractivity contribution in [2.45, 2.75) is 63.1 Å². The van der Waals surface area contributed by atoms with Gasteiger partial charge in [-0.2, -0.15) is 13.2 Å². The van der Waals surface area contributed by atoms with E-state index in [0.29, 0.717) is 19.2 Å². The lowest BCUT2D eigenvalue weighted by molar-refractivity contribution is -0.137. The molecule has 2 aliphatic rings. The standard InChI is InChI=1S/C27H32F3N3O3/c28-27(29,30)21-10-6-9-20(15-21)26(35)31-16-25(34)32-22-13-14-33(17-22)23-11-4-5-12-24(23)36-18-19-7-2-1-3-8-19/h1-3,6-10,15,22-24H,4-5,11-14,16-18H2,(H,31,35)(H,32,34)/t22-,23+,24?/m1/s1. The number of rotatable bonds is 8. The Morgan fingerprint density at radius 2 is 1.78 bits per heavy atom. The average molecular weight is 504 g/mol. The Hall–Kier alpha value is -2.91. The number of carbonyl (C=O) groups excluding carboxylic acids is 2. The fourth-order valence-electron chi connectivity index (χ4n) is 5.05. The second-order valence-corrected chi connectivity index (χ2v) is 9.50. The van der Waals surface area contributed by atoms with Crippen LogP contribution in [-0.2, 0) is 22.3 Å². The number of halogens is 3. The number of hydrogen-bond acceptors (Lipinski definition) is 4. The van der Waals surface area contributed by atoms with Crippen LogP contribution in [0.1, 0.15) is 53.6 Å². The Kier molecular flexibility index (Phi) is 8.64. The third-order valence-corrected chi connectivity index (χ3v) is 6.89. The quantitative estimate of drug-likeness (QED) is 0.568. The molecule has 2 aromatic rings. The van der Waals surface area contributed by atoms with Gasteiger partial charge in [0, 0.05) is 30.7 Å². The van der Waals surface area contributed by atoms with Crippen molar-refractivity contribution in [3.8, 4) is 0 Å². The Bertz CT molecular complexity index is 1030. The lowest BCUT2D eigenvalue weighted by atomic mass is 9.91. The van der Waals surface area contributed by atoms with Gasteiger partial charge in [-0.1, -0.05) is 49.2 Å². The van der Waals surface area contributed by atoms with Gasteiger partial charge in [-0.15, -0.1) is 0 Å². The highest BCUT2D eigenvalue weighted by Crippen LogP contribution is 2.30. The van der Waals surface area contributed by atoms with Crippen LogP contribution < -0.4 is 10.6 Å². The maximum absolute atomic E-state index is 12.9. The second kappa shape index (κ2) is 11.9. The first-order valence-electron chi connectivity index (χ1n) is 12.4. The van der Waals surface area contributed by atoms with Crippen LogP contribution in [-0.4, -0.2) is 54.5 Å². The van der Waals surface area contributed by atoms with E-state index in [2.05, 4.69) is 27.7 Å². The number of carbonyl (C=O) groups is 2. The molecule has 0 aromatic heterocycles. The zero-order valence-electron chi connectivity index (χ0n) is 20.1. The maximum atomic E-state index is 12.9. The van der Waals surface area contributed by atoms with Crippen molar-refractivity contribution >= 4 is 11.8 Å². The fraction of sp³-hybridized carbons (Fsp3) is 0.481. The highest BCUT2D eigenvalue weighted by Gasteiger charge is 2.35. The van der Waals surface area contributed by atoms with Crippen LogP contribution >= 0.6 is 0 Å². The molecule has 3 atom stereocenters. The summed E-state index contributed by atoms with van der Waals surface area (Å²) in [5, 5.41) is 5.36. The molecule has 2 amide bonds. The van der Waals surface area contributed by atoms with Gasteiger partial charge in [0.25, 0.3) is 5.91 Å². The topological polar surface area (TPSA) is 70.7 Å². The van der Waals surface area contributed by atoms with Gasteiger partial charge in [0.1, 0.15) is 0 Å². The first-order chi connectivity index (χ1) is 17.3. The van der Waals surface area contributed by atoms with Crippen LogP contribution in [0.2, 0.25) is 0 Å². The molecule has 6 nitrogen and oxygen atoms in total. The number of nitrogens with one attached hydrogen (secondary N) is 2. The van der Waals surface area contributed by atoms with Gasteiger partial charge in [0.2, 0.25) is 5.91 Å². The van der Waals surface area contributed by atoms with Gasteiger partial charge in [-0.05, 0) is 43.0 Å². The summed E-state index contributed by atoms with van der Waals surface area (Å²) >= 11 is 0. The SMILES string of the molecule is O=C(CNC(=O)c1cccc(C(F)(F)F)c1)N[C@@H]1CCN([C@H]2CCCCC2OCc2ccccc2)C1. The van der Waals surface area contributed by atoms with E-state index in [4.69, 9.17) is 4.74 Å². The van der Waals surface area contributed by atoms with Gasteiger partial charge in [-0.3, -0.25) is 14.5 Å². The maximum Gasteiger partial charge on any atom is 0.416 e. The van der Waals surface area contributed by atoms with Crippen molar-refractivity contribution in [3.63, 3.8) is 0 Å². The smallest absolute Gasteiger partial charge is 0.372 e. The summed E-state index contributed by atoms with van der Waals surface area (Å²) < 4.78 is 44.9. The lowest BCUT2D eigenvalue weighted by Gasteiger charge is -2.38. The molecule has 0 radical (unpaired) electrons. The Morgan fingerprint density at radius 1 is 1.00 bits per heavy atom. The molecule has 1 heterocycles. The molecule has 1 unspecified atom stereocenters. The zero-order valence-corrected chi connectivity index (χ0v) is 20.1. The molecule has 194 valence electrons. The number of alkyl halides is 3. The number of hydrogen-bond donors (Lipinski definition) is 2. The molecule has 1 saturated carbocycles. The Morgan fingerprint density at radius 3 is 2.56 bits per heavy atom. The van der Waals surface area contributed by atoms with E-state index in [-0.39, 0.29) is 30.2 Å². The molecule has 1 aliphatic heterocycles. The lowest BCUT2D eigenvalue weighted by Crippen LogP contribution is -2.48. The van der Waals surface area contributed by atoms with E-state index in [1.165, 1.54) is 12.1 Å². The largest absolute Gasteiger partial charge is 0.416 e. The predicted octanol–water partition coefficient (Wildman–Crippen LogP) is 4.15. The summed E-state index contributed by atoms with van der Waals surface area (Å²) in [6.07, 6.45) is 0.807. The van der Waals surface area contributed by atoms with Crippen molar-refractivity contribution in [1.82, 2.24) is 15.5 Å². The van der Waals surface area contributed by atoms with Crippen molar-refractivity contribution in [2.24, 2.45) is 0 Å². The molecule has 0 spiro atoms. The number of ether oxygens (including phenoxy) is 1. The Labute approximate surface area is 209 Å². The van der Waals surface area contributed by atoms with E-state index in [1.807, 2.05) is 18.2 Å². The summed E-state index contributed by atoms with van der Waals surface area (Å²) in [5.74, 6) is -1.08. The van der Waals surface area contributed by atoms with E-state index in [0.717, 1.165) is 56.3 Å². The number of likely N-dealkylation sites (tertiary alicyclic amines) is 1. The van der Waals surface area contributed by atoms with Crippen molar-refractivity contribution < 1.29 is 27.5 Å². The predicted molar refractivity (Wildman–Crippen MR) is 129 cm³/mol. The average Bonchev–Trinajstić information content (AvgIpc) is 3.34. The summed E-state index contributed by atoms with van der Waals surface area (Å²) in [6.45, 7) is 1.86. The summed E-state index contributed by atoms with van der Waals surface area (Å²) in [4.78, 5) is 27.1. The van der Waals surface area contributed by atoms with Gasteiger partial charge < -0.3 is 15.4 Å². The summed E-state index contributed by atoms with van der Waals surface area (Å²) in [7, 11) is 0. The first-order valence-corrected chi connectivity index (χ1v) is 12.4. The molecule has 0 bridgehead atoms. The van der Waals surface area contributed by atoms with E-state index < -0.39 is 17.6 Å². The van der Waals surface area contributed by atoms with E-state index in [9.17, 15) is 22.8 Å². The fourth-order valence-corrected chi connectivity index (χ4v) is 5.05. The van der Waals surface area contributed by atoms with Crippen LogP contribution in [0, 0.1) is 0 Å². The molecular formula is C27H32F3N3O3. The minimum absolute atomic E-state index is 0.0420. The minimum Gasteiger partial charge on any atom is -0.372 e. The first kappa shape index (κ1) is 26.2. The summed E-state index contributed by atoms with van der Waals surface area (Å²) in [5.41, 5.74) is 0.114.